The molecule has 1 aromatic heterocycles. The van der Waals surface area contributed by atoms with E-state index in [0.717, 1.165) is 10.0 Å². The van der Waals surface area contributed by atoms with Crippen LogP contribution < -0.4 is 0 Å². The highest BCUT2D eigenvalue weighted by Crippen LogP contribution is 2.21. The molecule has 1 atom stereocenters. The van der Waals surface area contributed by atoms with Gasteiger partial charge in [-0.25, -0.2) is 13.2 Å². The normalized spacial score (nSPS) is 18.0. The van der Waals surface area contributed by atoms with Crippen molar-refractivity contribution in [2.75, 3.05) is 24.7 Å². The Hall–Kier alpha value is -2.20. The van der Waals surface area contributed by atoms with Gasteiger partial charge in [-0.05, 0) is 31.5 Å². The third kappa shape index (κ3) is 4.79. The molecule has 0 saturated carbocycles. The number of aromatic amines is 1. The Balaban J connectivity index is 1.59. The number of hydrogen-bond acceptors (Lipinski definition) is 6. The Labute approximate surface area is 171 Å². The molecule has 1 aromatic carbocycles. The molecule has 1 N–H and O–H groups in total. The van der Waals surface area contributed by atoms with Crippen molar-refractivity contribution < 1.29 is 22.7 Å². The number of sulfone groups is 1. The zero-order valence-corrected chi connectivity index (χ0v) is 17.6. The summed E-state index contributed by atoms with van der Waals surface area (Å²) in [7, 11) is -3.10. The number of rotatable bonds is 6. The molecule has 1 aliphatic heterocycles. The fourth-order valence-corrected chi connectivity index (χ4v) is 5.14. The lowest BCUT2D eigenvalue weighted by Gasteiger charge is -2.26. The van der Waals surface area contributed by atoms with Gasteiger partial charge in [0.25, 0.3) is 5.91 Å². The smallest absolute Gasteiger partial charge is 0.356 e. The molecule has 8 nitrogen and oxygen atoms in total. The minimum absolute atomic E-state index is 0.0440. The van der Waals surface area contributed by atoms with Crippen LogP contribution in [0.3, 0.4) is 0 Å². The monoisotopic (exact) mass is 469 g/mol. The number of aromatic nitrogens is 2. The van der Waals surface area contributed by atoms with E-state index < -0.39 is 28.3 Å². The van der Waals surface area contributed by atoms with Crippen LogP contribution in [0.2, 0.25) is 0 Å². The molecule has 1 fully saturated rings. The van der Waals surface area contributed by atoms with Crippen LogP contribution in [0, 0.1) is 0 Å². The first kappa shape index (κ1) is 20.5. The van der Waals surface area contributed by atoms with E-state index in [1.165, 1.54) is 4.90 Å². The summed E-state index contributed by atoms with van der Waals surface area (Å²) in [6.45, 7) is 1.67. The van der Waals surface area contributed by atoms with Crippen LogP contribution in [0.1, 0.15) is 23.8 Å². The molecule has 0 radical (unpaired) electrons. The molecule has 0 spiro atoms. The third-order valence-corrected chi connectivity index (χ3v) is 6.85. The SMILES string of the molecule is CCN(C(=O)COC(=O)c1cc(-c2ccc(Br)cc2)n[nH]1)C1CCS(=O)(=O)C1. The highest BCUT2D eigenvalue weighted by Gasteiger charge is 2.34. The molecule has 0 bridgehead atoms. The average Bonchev–Trinajstić information content (AvgIpc) is 3.28. The molecule has 2 aromatic rings. The second-order valence-electron chi connectivity index (χ2n) is 6.49. The van der Waals surface area contributed by atoms with E-state index in [4.69, 9.17) is 4.74 Å². The predicted octanol–water partition coefficient (Wildman–Crippen LogP) is 2.03. The number of hydrogen-bond donors (Lipinski definition) is 1. The van der Waals surface area contributed by atoms with E-state index in [1.54, 1.807) is 13.0 Å². The molecule has 3 rings (SSSR count). The number of carbonyl (C=O) groups is 2. The van der Waals surface area contributed by atoms with Crippen molar-refractivity contribution in [3.63, 3.8) is 0 Å². The van der Waals surface area contributed by atoms with Gasteiger partial charge in [0.1, 0.15) is 5.69 Å². The molecule has 0 aliphatic carbocycles. The molecular formula is C18H20BrN3O5S. The number of nitrogens with zero attached hydrogens (tertiary/aromatic N) is 2. The van der Waals surface area contributed by atoms with Crippen LogP contribution in [0.4, 0.5) is 0 Å². The Morgan fingerprint density at radius 2 is 2.04 bits per heavy atom. The van der Waals surface area contributed by atoms with E-state index in [9.17, 15) is 18.0 Å². The van der Waals surface area contributed by atoms with E-state index in [2.05, 4.69) is 26.1 Å². The Bertz CT molecular complexity index is 971. The van der Waals surface area contributed by atoms with E-state index >= 15 is 0 Å². The number of ether oxygens (including phenoxy) is 1. The van der Waals surface area contributed by atoms with Crippen molar-refractivity contribution in [3.8, 4) is 11.3 Å². The summed E-state index contributed by atoms with van der Waals surface area (Å²) in [5.74, 6) is -1.07. The van der Waals surface area contributed by atoms with Gasteiger partial charge in [-0.1, -0.05) is 28.1 Å². The summed E-state index contributed by atoms with van der Waals surface area (Å²) in [5, 5.41) is 6.70. The van der Waals surface area contributed by atoms with Gasteiger partial charge in [-0.3, -0.25) is 9.89 Å². The number of likely N-dealkylation sites (N-methyl/N-ethyl adjacent to an activating group) is 1. The van der Waals surface area contributed by atoms with Gasteiger partial charge in [0.15, 0.2) is 16.4 Å². The first-order valence-electron chi connectivity index (χ1n) is 8.77. The molecule has 1 aliphatic rings. The number of H-pyrrole nitrogens is 1. The summed E-state index contributed by atoms with van der Waals surface area (Å²) >= 11 is 3.36. The molecule has 1 saturated heterocycles. The van der Waals surface area contributed by atoms with Gasteiger partial charge in [-0.2, -0.15) is 5.10 Å². The van der Waals surface area contributed by atoms with Gasteiger partial charge in [0, 0.05) is 22.6 Å². The van der Waals surface area contributed by atoms with Gasteiger partial charge in [0.05, 0.1) is 17.2 Å². The fraction of sp³-hybridized carbons (Fsp3) is 0.389. The zero-order valence-electron chi connectivity index (χ0n) is 15.2. The lowest BCUT2D eigenvalue weighted by molar-refractivity contribution is -0.136. The van der Waals surface area contributed by atoms with E-state index in [0.29, 0.717) is 18.7 Å². The Morgan fingerprint density at radius 1 is 1.32 bits per heavy atom. The van der Waals surface area contributed by atoms with Crippen LogP contribution in [-0.2, 0) is 19.4 Å². The minimum atomic E-state index is -3.10. The number of carbonyl (C=O) groups excluding carboxylic acids is 2. The average molecular weight is 470 g/mol. The van der Waals surface area contributed by atoms with Gasteiger partial charge >= 0.3 is 5.97 Å². The first-order chi connectivity index (χ1) is 13.3. The molecule has 150 valence electrons. The van der Waals surface area contributed by atoms with Crippen LogP contribution >= 0.6 is 15.9 Å². The quantitative estimate of drug-likeness (QED) is 0.648. The highest BCUT2D eigenvalue weighted by molar-refractivity contribution is 9.10. The molecule has 1 amide bonds. The largest absolute Gasteiger partial charge is 0.451 e. The van der Waals surface area contributed by atoms with Crippen LogP contribution in [0.5, 0.6) is 0 Å². The number of benzene rings is 1. The standard InChI is InChI=1S/C18H20BrN3O5S/c1-2-22(14-7-8-28(25,26)11-14)17(23)10-27-18(24)16-9-15(20-21-16)12-3-5-13(19)6-4-12/h3-6,9,14H,2,7-8,10-11H2,1H3,(H,20,21). The molecule has 10 heteroatoms. The molecule has 28 heavy (non-hydrogen) atoms. The van der Waals surface area contributed by atoms with Gasteiger partial charge < -0.3 is 9.64 Å². The second-order valence-corrected chi connectivity index (χ2v) is 9.63. The van der Waals surface area contributed by atoms with Crippen LogP contribution in [0.25, 0.3) is 11.3 Å². The van der Waals surface area contributed by atoms with Crippen molar-refractivity contribution >= 4 is 37.6 Å². The molecular weight excluding hydrogens is 450 g/mol. The lowest BCUT2D eigenvalue weighted by Crippen LogP contribution is -2.43. The fourth-order valence-electron chi connectivity index (χ4n) is 3.14. The van der Waals surface area contributed by atoms with Crippen molar-refractivity contribution in [3.05, 3.63) is 40.5 Å². The summed E-state index contributed by atoms with van der Waals surface area (Å²) in [4.78, 5) is 26.1. The summed E-state index contributed by atoms with van der Waals surface area (Å²) in [6, 6.07) is 8.63. The number of nitrogens with one attached hydrogen (secondary N) is 1. The predicted molar refractivity (Wildman–Crippen MR) is 106 cm³/mol. The minimum Gasteiger partial charge on any atom is -0.451 e. The maximum absolute atomic E-state index is 12.4. The topological polar surface area (TPSA) is 109 Å². The van der Waals surface area contributed by atoms with Crippen molar-refractivity contribution in [1.82, 2.24) is 15.1 Å². The maximum Gasteiger partial charge on any atom is 0.356 e. The van der Waals surface area contributed by atoms with E-state index in [-0.39, 0.29) is 23.2 Å². The first-order valence-corrected chi connectivity index (χ1v) is 11.4. The molecule has 1 unspecified atom stereocenters. The number of halogens is 1. The van der Waals surface area contributed by atoms with Crippen molar-refractivity contribution in [2.45, 2.75) is 19.4 Å². The molecule has 2 heterocycles. The van der Waals surface area contributed by atoms with Gasteiger partial charge in [-0.15, -0.1) is 0 Å². The van der Waals surface area contributed by atoms with Crippen molar-refractivity contribution in [1.29, 1.82) is 0 Å². The summed E-state index contributed by atoms with van der Waals surface area (Å²) in [6.07, 6.45) is 0.410. The number of esters is 1. The van der Waals surface area contributed by atoms with Crippen LogP contribution in [-0.4, -0.2) is 66.1 Å². The van der Waals surface area contributed by atoms with E-state index in [1.807, 2.05) is 24.3 Å². The van der Waals surface area contributed by atoms with Crippen molar-refractivity contribution in [2.24, 2.45) is 0 Å². The number of amides is 1. The Kier molecular flexibility index (Phi) is 6.19. The maximum atomic E-state index is 12.4. The van der Waals surface area contributed by atoms with Gasteiger partial charge in [0.2, 0.25) is 0 Å². The highest BCUT2D eigenvalue weighted by atomic mass is 79.9. The van der Waals surface area contributed by atoms with Crippen LogP contribution in [0.15, 0.2) is 34.8 Å². The lowest BCUT2D eigenvalue weighted by atomic mass is 10.1. The third-order valence-electron chi connectivity index (χ3n) is 4.57. The second kappa shape index (κ2) is 8.44. The zero-order chi connectivity index (χ0) is 20.3. The summed E-state index contributed by atoms with van der Waals surface area (Å²) in [5.41, 5.74) is 1.54. The summed E-state index contributed by atoms with van der Waals surface area (Å²) < 4.78 is 29.3. The Morgan fingerprint density at radius 3 is 2.64 bits per heavy atom.